The second kappa shape index (κ2) is 5.91. The average Bonchev–Trinajstić information content (AvgIpc) is 2.99. The second-order valence-corrected chi connectivity index (χ2v) is 7.08. The molecule has 6 heteroatoms. The number of ether oxygens (including phenoxy) is 2. The van der Waals surface area contributed by atoms with Crippen molar-refractivity contribution >= 4 is 11.9 Å². The molecule has 0 spiro atoms. The van der Waals surface area contributed by atoms with E-state index in [0.717, 1.165) is 18.4 Å². The van der Waals surface area contributed by atoms with Crippen LogP contribution >= 0.6 is 0 Å². The van der Waals surface area contributed by atoms with Gasteiger partial charge in [0, 0.05) is 24.7 Å². The van der Waals surface area contributed by atoms with Crippen LogP contribution in [0.5, 0.6) is 0 Å². The zero-order valence-electron chi connectivity index (χ0n) is 13.4. The number of rotatable bonds is 3. The molecule has 2 aliphatic carbocycles. The Hall–Kier alpha value is -1.40. The molecule has 1 saturated heterocycles. The van der Waals surface area contributed by atoms with Crippen LogP contribution in [-0.4, -0.2) is 47.1 Å². The molecule has 128 valence electrons. The summed E-state index contributed by atoms with van der Waals surface area (Å²) in [6, 6.07) is 0. The lowest BCUT2D eigenvalue weighted by Crippen LogP contribution is -2.46. The summed E-state index contributed by atoms with van der Waals surface area (Å²) in [4.78, 5) is 23.2. The van der Waals surface area contributed by atoms with Crippen molar-refractivity contribution in [3.05, 3.63) is 12.2 Å². The van der Waals surface area contributed by atoms with Gasteiger partial charge >= 0.3 is 11.9 Å². The van der Waals surface area contributed by atoms with Gasteiger partial charge in [-0.1, -0.05) is 12.2 Å². The highest BCUT2D eigenvalue weighted by atomic mass is 16.6. The predicted octanol–water partition coefficient (Wildman–Crippen LogP) is 0.807. The van der Waals surface area contributed by atoms with E-state index >= 15 is 0 Å². The molecule has 0 bridgehead atoms. The summed E-state index contributed by atoms with van der Waals surface area (Å²) in [6.07, 6.45) is 2.63. The lowest BCUT2D eigenvalue weighted by Gasteiger charge is -2.31. The Labute approximate surface area is 135 Å². The van der Waals surface area contributed by atoms with E-state index in [9.17, 15) is 19.8 Å². The third kappa shape index (κ3) is 2.58. The monoisotopic (exact) mass is 324 g/mol. The van der Waals surface area contributed by atoms with Gasteiger partial charge < -0.3 is 19.7 Å². The molecule has 3 aliphatic rings. The first-order valence-electron chi connectivity index (χ1n) is 8.24. The number of fused-ring (bicyclic) bond motifs is 3. The molecule has 0 aromatic rings. The Kier molecular flexibility index (Phi) is 4.23. The van der Waals surface area contributed by atoms with Crippen molar-refractivity contribution in [3.63, 3.8) is 0 Å². The van der Waals surface area contributed by atoms with Crippen LogP contribution in [-0.2, 0) is 19.1 Å². The van der Waals surface area contributed by atoms with Gasteiger partial charge in [-0.2, -0.15) is 0 Å². The summed E-state index contributed by atoms with van der Waals surface area (Å²) in [6.45, 7) is 5.21. The highest BCUT2D eigenvalue weighted by Gasteiger charge is 2.61. The molecule has 1 aliphatic heterocycles. The smallest absolute Gasteiger partial charge is 0.341 e. The van der Waals surface area contributed by atoms with Crippen molar-refractivity contribution in [3.8, 4) is 0 Å². The number of esters is 2. The number of hydrogen-bond donors (Lipinski definition) is 2. The number of aliphatic hydroxyl groups is 2. The maximum Gasteiger partial charge on any atom is 0.341 e. The molecule has 2 N–H and O–H groups in total. The van der Waals surface area contributed by atoms with E-state index in [4.69, 9.17) is 9.47 Å². The summed E-state index contributed by atoms with van der Waals surface area (Å²) in [5, 5.41) is 20.1. The zero-order chi connectivity index (χ0) is 16.8. The fraction of sp³-hybridized carbons (Fsp3) is 0.765. The molecule has 6 atom stereocenters. The molecule has 2 saturated carbocycles. The van der Waals surface area contributed by atoms with Crippen LogP contribution < -0.4 is 0 Å². The highest BCUT2D eigenvalue weighted by Crippen LogP contribution is 2.53. The predicted molar refractivity (Wildman–Crippen MR) is 80.1 cm³/mol. The van der Waals surface area contributed by atoms with Gasteiger partial charge in [0.15, 0.2) is 5.60 Å². The maximum absolute atomic E-state index is 12.1. The Bertz CT molecular complexity index is 529. The lowest BCUT2D eigenvalue weighted by atomic mass is 9.76. The Morgan fingerprint density at radius 3 is 2.83 bits per heavy atom. The van der Waals surface area contributed by atoms with E-state index in [0.29, 0.717) is 19.4 Å². The highest BCUT2D eigenvalue weighted by molar-refractivity contribution is 5.82. The van der Waals surface area contributed by atoms with Gasteiger partial charge in [-0.15, -0.1) is 0 Å². The molecule has 0 aromatic heterocycles. The molecule has 0 aromatic carbocycles. The molecule has 23 heavy (non-hydrogen) atoms. The molecule has 3 fully saturated rings. The molecule has 3 rings (SSSR count). The minimum absolute atomic E-state index is 0.0149. The third-order valence-corrected chi connectivity index (χ3v) is 5.89. The Balaban J connectivity index is 1.89. The van der Waals surface area contributed by atoms with E-state index in [1.165, 1.54) is 6.92 Å². The van der Waals surface area contributed by atoms with E-state index in [2.05, 4.69) is 6.58 Å². The van der Waals surface area contributed by atoms with Gasteiger partial charge in [0.1, 0.15) is 6.10 Å². The Morgan fingerprint density at radius 2 is 2.17 bits per heavy atom. The normalized spacial score (nSPS) is 42.7. The minimum atomic E-state index is -1.82. The van der Waals surface area contributed by atoms with Crippen molar-refractivity contribution in [1.29, 1.82) is 0 Å². The SMILES string of the molecule is C=C1CC[C@@H]2[C@H](OC(=O)[C@]2(O)CO)[C@H]2[C@H](COC(C)=O)CC[C@@H]12. The van der Waals surface area contributed by atoms with Crippen molar-refractivity contribution in [1.82, 2.24) is 0 Å². The van der Waals surface area contributed by atoms with Crippen LogP contribution in [0.3, 0.4) is 0 Å². The van der Waals surface area contributed by atoms with Gasteiger partial charge in [0.25, 0.3) is 0 Å². The molecular formula is C17H24O6. The van der Waals surface area contributed by atoms with Gasteiger partial charge in [-0.25, -0.2) is 4.79 Å². The van der Waals surface area contributed by atoms with E-state index < -0.39 is 30.2 Å². The lowest BCUT2D eigenvalue weighted by molar-refractivity contribution is -0.160. The van der Waals surface area contributed by atoms with Crippen molar-refractivity contribution < 1.29 is 29.3 Å². The molecular weight excluding hydrogens is 300 g/mol. The van der Waals surface area contributed by atoms with Gasteiger partial charge in [0.05, 0.1) is 13.2 Å². The van der Waals surface area contributed by atoms with E-state index in [1.807, 2.05) is 0 Å². The maximum atomic E-state index is 12.1. The van der Waals surface area contributed by atoms with E-state index in [1.54, 1.807) is 0 Å². The van der Waals surface area contributed by atoms with Crippen LogP contribution in [0.2, 0.25) is 0 Å². The number of carbonyl (C=O) groups excluding carboxylic acids is 2. The third-order valence-electron chi connectivity index (χ3n) is 5.89. The summed E-state index contributed by atoms with van der Waals surface area (Å²) < 4.78 is 10.7. The Morgan fingerprint density at radius 1 is 1.43 bits per heavy atom. The fourth-order valence-corrected chi connectivity index (χ4v) is 4.69. The number of hydrogen-bond acceptors (Lipinski definition) is 6. The van der Waals surface area contributed by atoms with Gasteiger partial charge in [-0.05, 0) is 31.6 Å². The van der Waals surface area contributed by atoms with E-state index in [-0.39, 0.29) is 23.7 Å². The summed E-state index contributed by atoms with van der Waals surface area (Å²) in [5.74, 6) is -1.23. The molecule has 0 unspecified atom stereocenters. The molecule has 0 radical (unpaired) electrons. The van der Waals surface area contributed by atoms with Crippen LogP contribution in [0.25, 0.3) is 0 Å². The number of allylic oxidation sites excluding steroid dienone is 1. The minimum Gasteiger partial charge on any atom is -0.466 e. The first-order valence-corrected chi connectivity index (χ1v) is 8.24. The summed E-state index contributed by atoms with van der Waals surface area (Å²) >= 11 is 0. The van der Waals surface area contributed by atoms with Crippen molar-refractivity contribution in [2.45, 2.75) is 44.3 Å². The largest absolute Gasteiger partial charge is 0.466 e. The van der Waals surface area contributed by atoms with Crippen molar-refractivity contribution in [2.75, 3.05) is 13.2 Å². The quantitative estimate of drug-likeness (QED) is 0.589. The molecule has 1 heterocycles. The molecule has 0 amide bonds. The van der Waals surface area contributed by atoms with Crippen LogP contribution in [0.15, 0.2) is 12.2 Å². The second-order valence-electron chi connectivity index (χ2n) is 7.08. The van der Waals surface area contributed by atoms with Crippen molar-refractivity contribution in [2.24, 2.45) is 23.7 Å². The fourth-order valence-electron chi connectivity index (χ4n) is 4.69. The van der Waals surface area contributed by atoms with Crippen LogP contribution in [0.4, 0.5) is 0 Å². The first kappa shape index (κ1) is 16.5. The zero-order valence-corrected chi connectivity index (χ0v) is 13.4. The molecule has 6 nitrogen and oxygen atoms in total. The summed E-state index contributed by atoms with van der Waals surface area (Å²) in [7, 11) is 0. The summed E-state index contributed by atoms with van der Waals surface area (Å²) in [5.41, 5.74) is -0.722. The number of aliphatic hydroxyl groups excluding tert-OH is 1. The average molecular weight is 324 g/mol. The van der Waals surface area contributed by atoms with Crippen LogP contribution in [0.1, 0.15) is 32.6 Å². The van der Waals surface area contributed by atoms with Crippen LogP contribution in [0, 0.1) is 23.7 Å². The standard InChI is InChI=1S/C17H24O6/c1-9-3-6-13-15(23-16(20)17(13,21)8-18)14-11(4-5-12(9)14)7-22-10(2)19/h11-15,18,21H,1,3-8H2,2H3/t11-,12-,13+,14-,15-,17-/m0/s1. The van der Waals surface area contributed by atoms with Gasteiger partial charge in [-0.3, -0.25) is 4.79 Å². The van der Waals surface area contributed by atoms with Gasteiger partial charge in [0.2, 0.25) is 0 Å². The topological polar surface area (TPSA) is 93.1 Å². The number of carbonyl (C=O) groups is 2. The first-order chi connectivity index (χ1) is 10.9.